The largest absolute Gasteiger partial charge is 0.481 e. The molecule has 0 heterocycles. The molecule has 0 aliphatic heterocycles. The Labute approximate surface area is 210 Å². The minimum absolute atomic E-state index is 0.0117. The van der Waals surface area contributed by atoms with Crippen molar-refractivity contribution in [2.45, 2.75) is 44.0 Å². The lowest BCUT2D eigenvalue weighted by atomic mass is 10.0. The van der Waals surface area contributed by atoms with Crippen LogP contribution >= 0.6 is 0 Å². The summed E-state index contributed by atoms with van der Waals surface area (Å²) in [5, 5.41) is 25.0. The zero-order valence-electron chi connectivity index (χ0n) is 20.3. The fraction of sp³-hybridized carbons (Fsp3) is 0.417. The number of nitro groups is 1. The summed E-state index contributed by atoms with van der Waals surface area (Å²) < 4.78 is 28.0. The molecule has 0 saturated heterocycles. The van der Waals surface area contributed by atoms with Crippen LogP contribution in [-0.2, 0) is 21.2 Å². The highest BCUT2D eigenvalue weighted by Gasteiger charge is 2.27. The minimum Gasteiger partial charge on any atom is -0.481 e. The van der Waals surface area contributed by atoms with Crippen LogP contribution in [0.1, 0.15) is 32.3 Å². The van der Waals surface area contributed by atoms with Gasteiger partial charge in [-0.15, -0.1) is 0 Å². The first-order chi connectivity index (χ1) is 17.0. The van der Waals surface area contributed by atoms with Gasteiger partial charge in [-0.2, -0.15) is 4.31 Å². The first-order valence-electron chi connectivity index (χ1n) is 11.5. The van der Waals surface area contributed by atoms with Gasteiger partial charge in [-0.3, -0.25) is 14.9 Å². The molecule has 0 aromatic heterocycles. The summed E-state index contributed by atoms with van der Waals surface area (Å²) in [6.45, 7) is 4.06. The number of aliphatic carboxylic acids is 1. The van der Waals surface area contributed by atoms with Crippen LogP contribution in [0.5, 0.6) is 0 Å². The molecule has 2 aromatic rings. The van der Waals surface area contributed by atoms with Gasteiger partial charge >= 0.3 is 12.0 Å². The number of urea groups is 1. The lowest BCUT2D eigenvalue weighted by Crippen LogP contribution is -2.46. The van der Waals surface area contributed by atoms with Crippen molar-refractivity contribution in [1.82, 2.24) is 14.9 Å². The van der Waals surface area contributed by atoms with Crippen LogP contribution in [-0.4, -0.2) is 60.4 Å². The van der Waals surface area contributed by atoms with Gasteiger partial charge in [0.05, 0.1) is 16.2 Å². The van der Waals surface area contributed by atoms with Crippen LogP contribution < -0.4 is 10.6 Å². The fourth-order valence-electron chi connectivity index (χ4n) is 3.55. The Morgan fingerprint density at radius 1 is 1.08 bits per heavy atom. The Bertz CT molecular complexity index is 1120. The second-order valence-electron chi connectivity index (χ2n) is 8.73. The number of benzene rings is 2. The molecule has 0 fully saturated rings. The van der Waals surface area contributed by atoms with Gasteiger partial charge in [0.2, 0.25) is 10.0 Å². The molecule has 1 atom stereocenters. The smallest absolute Gasteiger partial charge is 0.315 e. The van der Waals surface area contributed by atoms with Gasteiger partial charge in [0.15, 0.2) is 0 Å². The highest BCUT2D eigenvalue weighted by atomic mass is 32.2. The van der Waals surface area contributed by atoms with Crippen molar-refractivity contribution in [2.24, 2.45) is 5.92 Å². The highest BCUT2D eigenvalue weighted by Crippen LogP contribution is 2.21. The number of amides is 2. The summed E-state index contributed by atoms with van der Waals surface area (Å²) in [4.78, 5) is 33.3. The summed E-state index contributed by atoms with van der Waals surface area (Å²) in [6.07, 6.45) is 0.521. The third kappa shape index (κ3) is 9.27. The molecule has 0 bridgehead atoms. The van der Waals surface area contributed by atoms with Crippen LogP contribution in [0.3, 0.4) is 0 Å². The number of nitrogens with zero attached hydrogens (tertiary/aromatic N) is 2. The SMILES string of the molecule is CC(C)CN(CC[C@H](Cc1ccccc1)NC(=O)NCCC(=O)O)S(=O)(=O)c1ccc([N+](=O)[O-])cc1. The highest BCUT2D eigenvalue weighted by molar-refractivity contribution is 7.89. The average Bonchev–Trinajstić information content (AvgIpc) is 2.81. The van der Waals surface area contributed by atoms with E-state index in [9.17, 15) is 28.1 Å². The number of carboxylic acid groups (broad SMARTS) is 1. The fourth-order valence-corrected chi connectivity index (χ4v) is 5.17. The minimum atomic E-state index is -3.94. The van der Waals surface area contributed by atoms with Gasteiger partial charge in [-0.1, -0.05) is 44.2 Å². The van der Waals surface area contributed by atoms with E-state index < -0.39 is 33.0 Å². The Morgan fingerprint density at radius 3 is 2.28 bits per heavy atom. The molecule has 0 radical (unpaired) electrons. The standard InChI is InChI=1S/C24H32N4O7S/c1-18(2)17-27(36(34,35)22-10-8-21(9-11-22)28(32)33)15-13-20(16-19-6-4-3-5-7-19)26-24(31)25-14-12-23(29)30/h3-11,18,20H,12-17H2,1-2H3,(H,29,30)(H2,25,26,31)/t20-/m1/s1. The van der Waals surface area contributed by atoms with E-state index in [4.69, 9.17) is 5.11 Å². The first-order valence-corrected chi connectivity index (χ1v) is 13.0. The lowest BCUT2D eigenvalue weighted by Gasteiger charge is -2.27. The number of hydrogen-bond acceptors (Lipinski definition) is 6. The van der Waals surface area contributed by atoms with Crippen LogP contribution in [0.2, 0.25) is 0 Å². The molecule has 196 valence electrons. The van der Waals surface area contributed by atoms with Gasteiger partial charge in [-0.05, 0) is 36.5 Å². The zero-order chi connectivity index (χ0) is 26.7. The summed E-state index contributed by atoms with van der Waals surface area (Å²) in [7, 11) is -3.94. The molecule has 0 aliphatic rings. The van der Waals surface area contributed by atoms with Crippen LogP contribution in [0, 0.1) is 16.0 Å². The van der Waals surface area contributed by atoms with E-state index >= 15 is 0 Å². The molecule has 11 nitrogen and oxygen atoms in total. The van der Waals surface area contributed by atoms with Crippen molar-refractivity contribution in [1.29, 1.82) is 0 Å². The van der Waals surface area contributed by atoms with E-state index in [-0.39, 0.29) is 42.6 Å². The normalized spacial score (nSPS) is 12.3. The molecular formula is C24H32N4O7S. The molecule has 0 aliphatic carbocycles. The van der Waals surface area contributed by atoms with Crippen molar-refractivity contribution in [3.05, 3.63) is 70.3 Å². The molecule has 36 heavy (non-hydrogen) atoms. The Balaban J connectivity index is 2.19. The molecule has 0 spiro atoms. The van der Waals surface area contributed by atoms with Crippen molar-refractivity contribution < 1.29 is 28.0 Å². The number of carbonyl (C=O) groups excluding carboxylic acids is 1. The molecule has 0 unspecified atom stereocenters. The molecule has 0 saturated carbocycles. The van der Waals surface area contributed by atoms with Crippen molar-refractivity contribution in [2.75, 3.05) is 19.6 Å². The Hall–Kier alpha value is -3.51. The predicted molar refractivity (Wildman–Crippen MR) is 134 cm³/mol. The van der Waals surface area contributed by atoms with Gasteiger partial charge in [-0.25, -0.2) is 13.2 Å². The molecule has 2 aromatic carbocycles. The number of rotatable bonds is 14. The van der Waals surface area contributed by atoms with Crippen LogP contribution in [0.15, 0.2) is 59.5 Å². The summed E-state index contributed by atoms with van der Waals surface area (Å²) in [5.41, 5.74) is 0.743. The number of carboxylic acids is 1. The maximum atomic E-state index is 13.3. The number of sulfonamides is 1. The number of hydrogen-bond donors (Lipinski definition) is 3. The van der Waals surface area contributed by atoms with Gasteiger partial charge < -0.3 is 15.7 Å². The van der Waals surface area contributed by atoms with E-state index in [0.717, 1.165) is 17.7 Å². The van der Waals surface area contributed by atoms with Gasteiger partial charge in [0.1, 0.15) is 0 Å². The molecule has 12 heteroatoms. The van der Waals surface area contributed by atoms with Crippen molar-refractivity contribution >= 4 is 27.7 Å². The lowest BCUT2D eigenvalue weighted by molar-refractivity contribution is -0.384. The molecule has 3 N–H and O–H groups in total. The van der Waals surface area contributed by atoms with E-state index in [2.05, 4.69) is 10.6 Å². The third-order valence-electron chi connectivity index (χ3n) is 5.27. The monoisotopic (exact) mass is 520 g/mol. The number of nitro benzene ring substituents is 1. The van der Waals surface area contributed by atoms with E-state index in [1.165, 1.54) is 16.4 Å². The quantitative estimate of drug-likeness (QED) is 0.255. The first kappa shape index (κ1) is 28.7. The number of non-ortho nitro benzene ring substituents is 1. The maximum Gasteiger partial charge on any atom is 0.315 e. The zero-order valence-corrected chi connectivity index (χ0v) is 21.1. The topological polar surface area (TPSA) is 159 Å². The molecule has 2 amide bonds. The predicted octanol–water partition coefficient (Wildman–Crippen LogP) is 3.02. The summed E-state index contributed by atoms with van der Waals surface area (Å²) in [6, 6.07) is 13.2. The van der Waals surface area contributed by atoms with Crippen LogP contribution in [0.4, 0.5) is 10.5 Å². The summed E-state index contributed by atoms with van der Waals surface area (Å²) in [5.74, 6) is -1.02. The Morgan fingerprint density at radius 2 is 1.72 bits per heavy atom. The second kappa shape index (κ2) is 13.5. The van der Waals surface area contributed by atoms with E-state index in [0.29, 0.717) is 12.8 Å². The van der Waals surface area contributed by atoms with E-state index in [1.54, 1.807) is 0 Å². The molecule has 2 rings (SSSR count). The third-order valence-corrected chi connectivity index (χ3v) is 7.14. The van der Waals surface area contributed by atoms with E-state index in [1.807, 2.05) is 44.2 Å². The van der Waals surface area contributed by atoms with Crippen molar-refractivity contribution in [3.8, 4) is 0 Å². The number of nitrogens with one attached hydrogen (secondary N) is 2. The van der Waals surface area contributed by atoms with Crippen molar-refractivity contribution in [3.63, 3.8) is 0 Å². The second-order valence-corrected chi connectivity index (χ2v) is 10.7. The van der Waals surface area contributed by atoms with Crippen LogP contribution in [0.25, 0.3) is 0 Å². The molecular weight excluding hydrogens is 488 g/mol. The van der Waals surface area contributed by atoms with Gasteiger partial charge in [0, 0.05) is 37.8 Å². The number of carbonyl (C=O) groups is 2. The summed E-state index contributed by atoms with van der Waals surface area (Å²) >= 11 is 0. The Kier molecular flexibility index (Phi) is 10.8. The maximum absolute atomic E-state index is 13.3. The average molecular weight is 521 g/mol. The van der Waals surface area contributed by atoms with Gasteiger partial charge in [0.25, 0.3) is 5.69 Å².